The van der Waals surface area contributed by atoms with Crippen molar-refractivity contribution in [3.63, 3.8) is 0 Å². The second kappa shape index (κ2) is 6.03. The molecule has 96 valence electrons. The quantitative estimate of drug-likeness (QED) is 0.837. The van der Waals surface area contributed by atoms with Crippen LogP contribution in [0.15, 0.2) is 12.3 Å². The summed E-state index contributed by atoms with van der Waals surface area (Å²) in [4.78, 5) is 3.95. The first kappa shape index (κ1) is 14.7. The van der Waals surface area contributed by atoms with E-state index in [1.54, 1.807) is 0 Å². The Labute approximate surface area is 112 Å². The number of hydrogen-bond acceptors (Lipinski definition) is 3. The molecule has 0 saturated heterocycles. The van der Waals surface area contributed by atoms with E-state index in [-0.39, 0.29) is 17.4 Å². The third kappa shape index (κ3) is 4.82. The van der Waals surface area contributed by atoms with E-state index < -0.39 is 9.84 Å². The Morgan fingerprint density at radius 1 is 1.41 bits per heavy atom. The van der Waals surface area contributed by atoms with Crippen molar-refractivity contribution in [2.24, 2.45) is 5.92 Å². The lowest BCUT2D eigenvalue weighted by Gasteiger charge is -2.09. The summed E-state index contributed by atoms with van der Waals surface area (Å²) >= 11 is 11.6. The second-order valence-electron chi connectivity index (χ2n) is 4.15. The van der Waals surface area contributed by atoms with Crippen LogP contribution < -0.4 is 0 Å². The van der Waals surface area contributed by atoms with Crippen LogP contribution in [0.5, 0.6) is 0 Å². The van der Waals surface area contributed by atoms with Gasteiger partial charge in [-0.2, -0.15) is 0 Å². The first-order chi connectivity index (χ1) is 7.84. The smallest absolute Gasteiger partial charge is 0.156 e. The third-order valence-electron chi connectivity index (χ3n) is 2.48. The summed E-state index contributed by atoms with van der Waals surface area (Å²) in [6.45, 7) is 3.88. The maximum absolute atomic E-state index is 11.9. The molecule has 17 heavy (non-hydrogen) atoms. The molecular weight excluding hydrogens is 281 g/mol. The number of aromatic nitrogens is 1. The molecule has 3 nitrogen and oxygen atoms in total. The van der Waals surface area contributed by atoms with E-state index in [1.165, 1.54) is 12.3 Å². The molecule has 1 atom stereocenters. The van der Waals surface area contributed by atoms with Crippen LogP contribution in [0.4, 0.5) is 0 Å². The zero-order valence-electron chi connectivity index (χ0n) is 9.78. The van der Waals surface area contributed by atoms with Gasteiger partial charge in [0.15, 0.2) is 9.84 Å². The largest absolute Gasteiger partial charge is 0.257 e. The molecule has 0 bridgehead atoms. The van der Waals surface area contributed by atoms with Crippen molar-refractivity contribution in [2.75, 3.05) is 5.75 Å². The van der Waals surface area contributed by atoms with Crippen molar-refractivity contribution in [1.29, 1.82) is 0 Å². The van der Waals surface area contributed by atoms with Gasteiger partial charge in [-0.15, -0.1) is 0 Å². The molecule has 0 amide bonds. The van der Waals surface area contributed by atoms with Crippen LogP contribution in [0, 0.1) is 5.92 Å². The van der Waals surface area contributed by atoms with Gasteiger partial charge in [0, 0.05) is 6.20 Å². The molecule has 0 radical (unpaired) electrons. The number of nitrogens with zero attached hydrogens (tertiary/aromatic N) is 1. The Hall–Kier alpha value is -0.320. The number of hydrogen-bond donors (Lipinski definition) is 0. The molecule has 0 aliphatic rings. The summed E-state index contributed by atoms with van der Waals surface area (Å²) in [5.41, 5.74) is 0.361. The van der Waals surface area contributed by atoms with Gasteiger partial charge in [-0.25, -0.2) is 8.42 Å². The minimum Gasteiger partial charge on any atom is -0.257 e. The summed E-state index contributed by atoms with van der Waals surface area (Å²) in [5.74, 6) is 0.170. The lowest BCUT2D eigenvalue weighted by atomic mass is 10.2. The van der Waals surface area contributed by atoms with Gasteiger partial charge in [0.2, 0.25) is 0 Å². The van der Waals surface area contributed by atoms with E-state index in [0.717, 1.165) is 6.42 Å². The van der Waals surface area contributed by atoms with Crippen molar-refractivity contribution in [3.05, 3.63) is 28.0 Å². The Balaban J connectivity index is 2.83. The molecule has 6 heteroatoms. The van der Waals surface area contributed by atoms with E-state index in [1.807, 2.05) is 13.8 Å². The lowest BCUT2D eigenvalue weighted by Crippen LogP contribution is -2.16. The van der Waals surface area contributed by atoms with Crippen molar-refractivity contribution in [3.8, 4) is 0 Å². The van der Waals surface area contributed by atoms with Gasteiger partial charge in [-0.1, -0.05) is 43.5 Å². The fraction of sp³-hybridized carbons (Fsp3) is 0.545. The monoisotopic (exact) mass is 295 g/mol. The van der Waals surface area contributed by atoms with Crippen LogP contribution in [-0.2, 0) is 15.6 Å². The van der Waals surface area contributed by atoms with E-state index in [0.29, 0.717) is 15.7 Å². The van der Waals surface area contributed by atoms with Gasteiger partial charge in [-0.3, -0.25) is 4.98 Å². The van der Waals surface area contributed by atoms with Gasteiger partial charge < -0.3 is 0 Å². The van der Waals surface area contributed by atoms with E-state index in [2.05, 4.69) is 4.98 Å². The first-order valence-electron chi connectivity index (χ1n) is 5.34. The highest BCUT2D eigenvalue weighted by Gasteiger charge is 2.18. The minimum atomic E-state index is -3.17. The average molecular weight is 296 g/mol. The van der Waals surface area contributed by atoms with Gasteiger partial charge in [-0.05, 0) is 12.0 Å². The highest BCUT2D eigenvalue weighted by atomic mass is 35.5. The topological polar surface area (TPSA) is 47.0 Å². The maximum atomic E-state index is 11.9. The Bertz CT molecular complexity index is 488. The average Bonchev–Trinajstić information content (AvgIpc) is 2.21. The van der Waals surface area contributed by atoms with E-state index >= 15 is 0 Å². The molecule has 1 heterocycles. The van der Waals surface area contributed by atoms with Crippen molar-refractivity contribution >= 4 is 33.0 Å². The van der Waals surface area contributed by atoms with Crippen LogP contribution >= 0.6 is 23.2 Å². The molecule has 0 aliphatic heterocycles. The van der Waals surface area contributed by atoms with Crippen molar-refractivity contribution in [1.82, 2.24) is 4.98 Å². The van der Waals surface area contributed by atoms with E-state index in [4.69, 9.17) is 23.2 Å². The zero-order chi connectivity index (χ0) is 13.1. The molecule has 1 rings (SSSR count). The summed E-state index contributed by atoms with van der Waals surface area (Å²) in [6.07, 6.45) is 2.24. The molecule has 0 fully saturated rings. The zero-order valence-corrected chi connectivity index (χ0v) is 12.1. The minimum absolute atomic E-state index is 0.132. The van der Waals surface area contributed by atoms with Crippen LogP contribution in [0.2, 0.25) is 10.0 Å². The van der Waals surface area contributed by atoms with Crippen molar-refractivity contribution < 1.29 is 8.42 Å². The second-order valence-corrected chi connectivity index (χ2v) is 7.10. The normalized spacial score (nSPS) is 13.6. The van der Waals surface area contributed by atoms with Crippen LogP contribution in [0.25, 0.3) is 0 Å². The summed E-state index contributed by atoms with van der Waals surface area (Å²) in [6, 6.07) is 1.50. The summed E-state index contributed by atoms with van der Waals surface area (Å²) in [5, 5.41) is 0.698. The SMILES string of the molecule is CC[C@H](C)CS(=O)(=O)Cc1ncc(Cl)cc1Cl. The standard InChI is InChI=1S/C11H15Cl2NO2S/c1-3-8(2)6-17(15,16)7-11-10(13)4-9(12)5-14-11/h4-5,8H,3,6-7H2,1-2H3/t8-/m0/s1. The fourth-order valence-electron chi connectivity index (χ4n) is 1.37. The molecular formula is C11H15Cl2NO2S. The predicted octanol–water partition coefficient (Wildman–Crippen LogP) is 3.35. The number of pyridine rings is 1. The van der Waals surface area contributed by atoms with Gasteiger partial charge in [0.25, 0.3) is 0 Å². The molecule has 0 spiro atoms. The maximum Gasteiger partial charge on any atom is 0.156 e. The molecule has 1 aromatic heterocycles. The van der Waals surface area contributed by atoms with Gasteiger partial charge >= 0.3 is 0 Å². The Morgan fingerprint density at radius 3 is 2.59 bits per heavy atom. The molecule has 1 aromatic rings. The number of halogens is 2. The van der Waals surface area contributed by atoms with Gasteiger partial charge in [0.1, 0.15) is 0 Å². The number of sulfone groups is 1. The van der Waals surface area contributed by atoms with Gasteiger partial charge in [0.05, 0.1) is 27.2 Å². The molecule has 0 unspecified atom stereocenters. The molecule has 0 aromatic carbocycles. The first-order valence-corrected chi connectivity index (χ1v) is 7.92. The van der Waals surface area contributed by atoms with Crippen LogP contribution in [0.3, 0.4) is 0 Å². The third-order valence-corrected chi connectivity index (χ3v) is 4.80. The highest BCUT2D eigenvalue weighted by Crippen LogP contribution is 2.21. The fourth-order valence-corrected chi connectivity index (χ4v) is 3.76. The summed E-state index contributed by atoms with van der Waals surface area (Å²) < 4.78 is 23.7. The summed E-state index contributed by atoms with van der Waals surface area (Å²) in [7, 11) is -3.17. The highest BCUT2D eigenvalue weighted by molar-refractivity contribution is 7.90. The molecule has 0 N–H and O–H groups in total. The Kier molecular flexibility index (Phi) is 5.22. The molecule has 0 saturated carbocycles. The van der Waals surface area contributed by atoms with Crippen LogP contribution in [-0.4, -0.2) is 19.2 Å². The number of rotatable bonds is 5. The Morgan fingerprint density at radius 2 is 2.06 bits per heavy atom. The predicted molar refractivity (Wildman–Crippen MR) is 71.2 cm³/mol. The molecule has 0 aliphatic carbocycles. The van der Waals surface area contributed by atoms with E-state index in [9.17, 15) is 8.42 Å². The van der Waals surface area contributed by atoms with Crippen molar-refractivity contribution in [2.45, 2.75) is 26.0 Å². The van der Waals surface area contributed by atoms with Crippen LogP contribution in [0.1, 0.15) is 26.0 Å². The lowest BCUT2D eigenvalue weighted by molar-refractivity contribution is 0.563.